The highest BCUT2D eigenvalue weighted by atomic mass is 16.3. The fourth-order valence-electron chi connectivity index (χ4n) is 1.75. The minimum atomic E-state index is -0.564. The van der Waals surface area contributed by atoms with Gasteiger partial charge in [-0.15, -0.1) is 0 Å². The molecule has 6 N–H and O–H groups in total. The first-order valence-electron chi connectivity index (χ1n) is 6.54. The first kappa shape index (κ1) is 17.2. The molecule has 6 heteroatoms. The lowest BCUT2D eigenvalue weighted by molar-refractivity contribution is -0.566. The first-order chi connectivity index (χ1) is 8.40. The molecule has 0 aromatic heterocycles. The van der Waals surface area contributed by atoms with Crippen LogP contribution < -0.4 is 17.2 Å². The van der Waals surface area contributed by atoms with Gasteiger partial charge in [0.1, 0.15) is 5.78 Å². The Bertz CT molecular complexity index is 271. The molecule has 0 amide bonds. The molecule has 18 heavy (non-hydrogen) atoms. The maximum atomic E-state index is 11.7. The Labute approximate surface area is 109 Å². The van der Waals surface area contributed by atoms with Crippen molar-refractivity contribution in [1.29, 1.82) is 0 Å². The second-order valence-electron chi connectivity index (χ2n) is 4.91. The van der Waals surface area contributed by atoms with Crippen LogP contribution in [0.5, 0.6) is 0 Å². The van der Waals surface area contributed by atoms with Crippen LogP contribution in [0.15, 0.2) is 0 Å². The number of ketones is 1. The van der Waals surface area contributed by atoms with E-state index in [0.29, 0.717) is 25.8 Å². The molecular weight excluding hydrogens is 232 g/mol. The average molecular weight is 259 g/mol. The van der Waals surface area contributed by atoms with Gasteiger partial charge >= 0.3 is 0 Å². The van der Waals surface area contributed by atoms with Gasteiger partial charge in [-0.2, -0.15) is 0 Å². The fraction of sp³-hybridized carbons (Fsp3) is 0.917. The summed E-state index contributed by atoms with van der Waals surface area (Å²) in [6, 6.07) is -0.412. The minimum absolute atomic E-state index is 0.0207. The van der Waals surface area contributed by atoms with Crippen LogP contribution in [0.3, 0.4) is 0 Å². The second kappa shape index (κ2) is 9.13. The van der Waals surface area contributed by atoms with E-state index in [1.54, 1.807) is 0 Å². The molecule has 106 valence electrons. The third-order valence-electron chi connectivity index (χ3n) is 3.23. The third-order valence-corrected chi connectivity index (χ3v) is 3.23. The van der Waals surface area contributed by atoms with Crippen molar-refractivity contribution in [2.45, 2.75) is 51.2 Å². The molecule has 0 aliphatic heterocycles. The van der Waals surface area contributed by atoms with Crippen molar-refractivity contribution in [2.75, 3.05) is 13.6 Å². The number of unbranched alkanes of at least 4 members (excludes halogenated alkanes) is 1. The molecule has 0 aliphatic carbocycles. The van der Waals surface area contributed by atoms with Crippen molar-refractivity contribution < 1.29 is 9.55 Å². The second-order valence-corrected chi connectivity index (χ2v) is 4.91. The summed E-state index contributed by atoms with van der Waals surface area (Å²) in [5.41, 5.74) is 16.8. The van der Waals surface area contributed by atoms with E-state index in [4.69, 9.17) is 17.2 Å². The molecular formula is C12H27N4O2+. The fourth-order valence-corrected chi connectivity index (χ4v) is 1.75. The van der Waals surface area contributed by atoms with Gasteiger partial charge in [0, 0.05) is 22.0 Å². The van der Waals surface area contributed by atoms with Crippen molar-refractivity contribution in [3.63, 3.8) is 0 Å². The number of nitrogens with zero attached hydrogens (tertiary/aromatic N) is 1. The number of hydrogen-bond acceptors (Lipinski definition) is 5. The first-order valence-corrected chi connectivity index (χ1v) is 6.54. The maximum absolute atomic E-state index is 11.7. The highest BCUT2D eigenvalue weighted by molar-refractivity contribution is 5.83. The van der Waals surface area contributed by atoms with Crippen LogP contribution in [-0.4, -0.2) is 36.3 Å². The predicted molar refractivity (Wildman–Crippen MR) is 71.8 cm³/mol. The Kier molecular flexibility index (Phi) is 8.70. The summed E-state index contributed by atoms with van der Waals surface area (Å²) in [7, 11) is 1.39. The topological polar surface area (TPSA) is 115 Å². The summed E-state index contributed by atoms with van der Waals surface area (Å²) in [6.45, 7) is 2.49. The number of rotatable bonds is 10. The van der Waals surface area contributed by atoms with Gasteiger partial charge in [-0.05, 0) is 25.8 Å². The monoisotopic (exact) mass is 259 g/mol. The SMILES string of the molecule is CC(CCC(=O)[C@@H](N)CCCCN)[C@H](N)[N+](C)=O. The summed E-state index contributed by atoms with van der Waals surface area (Å²) in [5.74, 6) is 0.0207. The summed E-state index contributed by atoms with van der Waals surface area (Å²) in [4.78, 5) is 22.8. The molecule has 0 fully saturated rings. The number of nitrogens with two attached hydrogens (primary N) is 3. The molecule has 0 aliphatic rings. The molecule has 0 rings (SSSR count). The van der Waals surface area contributed by atoms with Crippen LogP contribution in [0.2, 0.25) is 0 Å². The summed E-state index contributed by atoms with van der Waals surface area (Å²) in [6.07, 6.45) is 2.86. The van der Waals surface area contributed by atoms with Gasteiger partial charge in [0.05, 0.1) is 6.04 Å². The highest BCUT2D eigenvalue weighted by Gasteiger charge is 2.24. The lowest BCUT2D eigenvalue weighted by Crippen LogP contribution is -2.38. The smallest absolute Gasteiger partial charge is 0.254 e. The van der Waals surface area contributed by atoms with Crippen LogP contribution in [0.25, 0.3) is 0 Å². The van der Waals surface area contributed by atoms with E-state index in [1.807, 2.05) is 6.92 Å². The summed E-state index contributed by atoms with van der Waals surface area (Å²) >= 11 is 0. The molecule has 1 unspecified atom stereocenters. The standard InChI is InChI=1S/C12H27N4O2/c1-9(12(15)16(2)18)6-7-11(17)10(14)5-3-4-8-13/h9-10,12H,3-8,13-15H2,1-2H3/q+1/t9?,10-,12+/m0/s1. The molecule has 0 radical (unpaired) electrons. The average Bonchev–Trinajstić information content (AvgIpc) is 2.34. The number of carbonyl (C=O) groups is 1. The molecule has 0 bridgehead atoms. The number of carbonyl (C=O) groups excluding carboxylic acids is 1. The van der Waals surface area contributed by atoms with Gasteiger partial charge in [0.2, 0.25) is 0 Å². The van der Waals surface area contributed by atoms with E-state index in [0.717, 1.165) is 17.6 Å². The molecule has 0 saturated heterocycles. The van der Waals surface area contributed by atoms with Crippen molar-refractivity contribution in [2.24, 2.45) is 23.1 Å². The van der Waals surface area contributed by atoms with Crippen LogP contribution in [0.1, 0.15) is 39.0 Å². The lowest BCUT2D eigenvalue weighted by Gasteiger charge is -2.14. The maximum Gasteiger partial charge on any atom is 0.254 e. The van der Waals surface area contributed by atoms with E-state index in [2.05, 4.69) is 0 Å². The predicted octanol–water partition coefficient (Wildman–Crippen LogP) is 0.122. The Morgan fingerprint density at radius 2 is 1.83 bits per heavy atom. The largest absolute Gasteiger partial charge is 0.330 e. The van der Waals surface area contributed by atoms with Crippen molar-refractivity contribution >= 4 is 5.78 Å². The van der Waals surface area contributed by atoms with E-state index in [9.17, 15) is 9.70 Å². The van der Waals surface area contributed by atoms with Crippen LogP contribution in [0.4, 0.5) is 0 Å². The number of hydrogen-bond donors (Lipinski definition) is 3. The van der Waals surface area contributed by atoms with E-state index in [1.165, 1.54) is 7.05 Å². The van der Waals surface area contributed by atoms with Gasteiger partial charge in [-0.3, -0.25) is 10.5 Å². The summed E-state index contributed by atoms with van der Waals surface area (Å²) in [5, 5.41) is 0. The molecule has 3 atom stereocenters. The zero-order chi connectivity index (χ0) is 14.1. The van der Waals surface area contributed by atoms with E-state index < -0.39 is 12.2 Å². The van der Waals surface area contributed by atoms with Gasteiger partial charge in [-0.25, -0.2) is 0 Å². The van der Waals surface area contributed by atoms with Gasteiger partial charge < -0.3 is 11.5 Å². The van der Waals surface area contributed by atoms with E-state index >= 15 is 0 Å². The minimum Gasteiger partial charge on any atom is -0.330 e. The van der Waals surface area contributed by atoms with Crippen LogP contribution in [-0.2, 0) is 4.79 Å². The Hall–Kier alpha value is -0.850. The lowest BCUT2D eigenvalue weighted by atomic mass is 9.96. The van der Waals surface area contributed by atoms with Crippen molar-refractivity contribution in [3.05, 3.63) is 4.91 Å². The summed E-state index contributed by atoms with van der Waals surface area (Å²) < 4.78 is 0.719. The van der Waals surface area contributed by atoms with Gasteiger partial charge in [0.25, 0.3) is 6.17 Å². The van der Waals surface area contributed by atoms with Crippen molar-refractivity contribution in [1.82, 2.24) is 0 Å². The van der Waals surface area contributed by atoms with Gasteiger partial charge in [-0.1, -0.05) is 13.3 Å². The van der Waals surface area contributed by atoms with Crippen LogP contribution >= 0.6 is 0 Å². The van der Waals surface area contributed by atoms with Gasteiger partial charge in [0.15, 0.2) is 7.05 Å². The van der Waals surface area contributed by atoms with Crippen LogP contribution in [0, 0.1) is 10.8 Å². The molecule has 0 heterocycles. The molecule has 0 spiro atoms. The normalized spacial score (nSPS) is 16.1. The van der Waals surface area contributed by atoms with Crippen molar-refractivity contribution in [3.8, 4) is 0 Å². The Morgan fingerprint density at radius 1 is 1.22 bits per heavy atom. The highest BCUT2D eigenvalue weighted by Crippen LogP contribution is 2.12. The number of nitroso groups, excluding NO2 is 1. The van der Waals surface area contributed by atoms with E-state index in [-0.39, 0.29) is 11.7 Å². The number of Topliss-reactive ketones (excluding diaryl/α,β-unsaturated/α-hetero) is 1. The zero-order valence-electron chi connectivity index (χ0n) is 11.5. The zero-order valence-corrected chi connectivity index (χ0v) is 11.5. The molecule has 0 aromatic rings. The Balaban J connectivity index is 3.91. The molecule has 0 saturated carbocycles. The third kappa shape index (κ3) is 6.78. The quantitative estimate of drug-likeness (QED) is 0.293. The Morgan fingerprint density at radius 3 is 2.33 bits per heavy atom. The molecule has 6 nitrogen and oxygen atoms in total. The molecule has 0 aromatic carbocycles.